The van der Waals surface area contributed by atoms with E-state index in [0.717, 1.165) is 24.0 Å². The number of carbonyl (C=O) groups excluding carboxylic acids is 2. The van der Waals surface area contributed by atoms with Crippen LogP contribution in [0.5, 0.6) is 0 Å². The molecule has 1 N–H and O–H groups in total. The lowest BCUT2D eigenvalue weighted by atomic mass is 10.1. The van der Waals surface area contributed by atoms with E-state index in [2.05, 4.69) is 11.4 Å². The highest BCUT2D eigenvalue weighted by molar-refractivity contribution is 5.87. The molecule has 0 aliphatic heterocycles. The molecule has 1 aromatic rings. The third kappa shape index (κ3) is 4.81. The molecule has 0 saturated heterocycles. The average molecular weight is 316 g/mol. The van der Waals surface area contributed by atoms with Gasteiger partial charge in [-0.05, 0) is 32.3 Å². The van der Waals surface area contributed by atoms with E-state index in [9.17, 15) is 9.59 Å². The van der Waals surface area contributed by atoms with E-state index in [4.69, 9.17) is 0 Å². The maximum atomic E-state index is 12.5. The van der Waals surface area contributed by atoms with Crippen LogP contribution in [0, 0.1) is 6.92 Å². The van der Waals surface area contributed by atoms with Gasteiger partial charge in [-0.1, -0.05) is 49.6 Å². The van der Waals surface area contributed by atoms with Crippen LogP contribution in [0.25, 0.3) is 0 Å². The summed E-state index contributed by atoms with van der Waals surface area (Å²) in [4.78, 5) is 26.5. The van der Waals surface area contributed by atoms with Gasteiger partial charge < -0.3 is 10.2 Å². The average Bonchev–Trinajstić information content (AvgIpc) is 3.04. The van der Waals surface area contributed by atoms with Crippen molar-refractivity contribution in [3.63, 3.8) is 0 Å². The summed E-state index contributed by atoms with van der Waals surface area (Å²) in [5, 5.41) is 3.10. The predicted molar refractivity (Wildman–Crippen MR) is 91.9 cm³/mol. The second-order valence-electron chi connectivity index (χ2n) is 6.53. The molecule has 1 aliphatic carbocycles. The molecule has 1 aliphatic rings. The molecular formula is C19H28N2O2. The fraction of sp³-hybridized carbons (Fsp3) is 0.579. The van der Waals surface area contributed by atoms with Crippen LogP contribution in [0.4, 0.5) is 0 Å². The minimum Gasteiger partial charge on any atom is -0.352 e. The van der Waals surface area contributed by atoms with Crippen molar-refractivity contribution in [2.45, 2.75) is 71.5 Å². The molecule has 0 bridgehead atoms. The minimum absolute atomic E-state index is 0.0144. The third-order valence-corrected chi connectivity index (χ3v) is 4.61. The van der Waals surface area contributed by atoms with Crippen molar-refractivity contribution in [3.05, 3.63) is 35.4 Å². The molecule has 4 heteroatoms. The van der Waals surface area contributed by atoms with Crippen LogP contribution in [0.1, 0.15) is 57.1 Å². The Bertz CT molecular complexity index is 550. The molecule has 0 spiro atoms. The Morgan fingerprint density at radius 1 is 1.30 bits per heavy atom. The Balaban J connectivity index is 2.06. The highest BCUT2D eigenvalue weighted by Gasteiger charge is 2.27. The zero-order valence-corrected chi connectivity index (χ0v) is 14.5. The van der Waals surface area contributed by atoms with Crippen molar-refractivity contribution in [3.8, 4) is 0 Å². The number of nitrogens with zero attached hydrogens (tertiary/aromatic N) is 1. The van der Waals surface area contributed by atoms with Crippen molar-refractivity contribution >= 4 is 11.8 Å². The number of amides is 2. The lowest BCUT2D eigenvalue weighted by Gasteiger charge is -2.29. The SMILES string of the molecule is CCC(=O)N(Cc1cccc(C)c1)[C@@H](C)C(=O)NC1CCCC1. The van der Waals surface area contributed by atoms with Gasteiger partial charge >= 0.3 is 0 Å². The molecule has 2 rings (SSSR count). The summed E-state index contributed by atoms with van der Waals surface area (Å²) in [5.41, 5.74) is 2.22. The van der Waals surface area contributed by atoms with Crippen molar-refractivity contribution in [2.24, 2.45) is 0 Å². The topological polar surface area (TPSA) is 49.4 Å². The van der Waals surface area contributed by atoms with E-state index in [-0.39, 0.29) is 17.9 Å². The van der Waals surface area contributed by atoms with E-state index in [1.807, 2.05) is 39.0 Å². The Labute approximate surface area is 139 Å². The summed E-state index contributed by atoms with van der Waals surface area (Å²) < 4.78 is 0. The summed E-state index contributed by atoms with van der Waals surface area (Å²) in [6.45, 7) is 6.18. The van der Waals surface area contributed by atoms with Gasteiger partial charge in [-0.25, -0.2) is 0 Å². The van der Waals surface area contributed by atoms with E-state index < -0.39 is 6.04 Å². The first kappa shape index (κ1) is 17.5. The second kappa shape index (κ2) is 8.14. The second-order valence-corrected chi connectivity index (χ2v) is 6.53. The van der Waals surface area contributed by atoms with Gasteiger partial charge in [0.15, 0.2) is 0 Å². The van der Waals surface area contributed by atoms with Crippen LogP contribution in [0.3, 0.4) is 0 Å². The van der Waals surface area contributed by atoms with Crippen molar-refractivity contribution in [1.29, 1.82) is 0 Å². The highest BCUT2D eigenvalue weighted by atomic mass is 16.2. The largest absolute Gasteiger partial charge is 0.352 e. The summed E-state index contributed by atoms with van der Waals surface area (Å²) in [5.74, 6) is -0.0214. The molecule has 0 heterocycles. The zero-order chi connectivity index (χ0) is 16.8. The Hall–Kier alpha value is -1.84. The minimum atomic E-state index is -0.441. The first-order valence-corrected chi connectivity index (χ1v) is 8.66. The lowest BCUT2D eigenvalue weighted by Crippen LogP contribution is -2.49. The maximum Gasteiger partial charge on any atom is 0.242 e. The van der Waals surface area contributed by atoms with Crippen molar-refractivity contribution in [1.82, 2.24) is 10.2 Å². The summed E-state index contributed by atoms with van der Waals surface area (Å²) in [7, 11) is 0. The Kier molecular flexibility index (Phi) is 6.20. The van der Waals surface area contributed by atoms with Gasteiger partial charge in [0.05, 0.1) is 0 Å². The van der Waals surface area contributed by atoms with Crippen LogP contribution in [0.2, 0.25) is 0 Å². The molecule has 1 atom stereocenters. The quantitative estimate of drug-likeness (QED) is 0.876. The summed E-state index contributed by atoms with van der Waals surface area (Å²) in [6, 6.07) is 7.93. The number of aryl methyl sites for hydroxylation is 1. The molecule has 1 aromatic carbocycles. The Morgan fingerprint density at radius 2 is 2.00 bits per heavy atom. The van der Waals surface area contributed by atoms with E-state index in [1.54, 1.807) is 4.90 Å². The van der Waals surface area contributed by atoms with Gasteiger partial charge in [0.25, 0.3) is 0 Å². The number of benzene rings is 1. The van der Waals surface area contributed by atoms with Gasteiger partial charge in [0.2, 0.25) is 11.8 Å². The van der Waals surface area contributed by atoms with Gasteiger partial charge in [-0.15, -0.1) is 0 Å². The highest BCUT2D eigenvalue weighted by Crippen LogP contribution is 2.18. The molecule has 4 nitrogen and oxygen atoms in total. The number of rotatable bonds is 6. The van der Waals surface area contributed by atoms with Crippen LogP contribution < -0.4 is 5.32 Å². The van der Waals surface area contributed by atoms with E-state index >= 15 is 0 Å². The van der Waals surface area contributed by atoms with Crippen LogP contribution in [-0.4, -0.2) is 28.8 Å². The maximum absolute atomic E-state index is 12.5. The van der Waals surface area contributed by atoms with E-state index in [0.29, 0.717) is 13.0 Å². The first-order chi connectivity index (χ1) is 11.0. The number of hydrogen-bond acceptors (Lipinski definition) is 2. The number of hydrogen-bond donors (Lipinski definition) is 1. The van der Waals surface area contributed by atoms with Gasteiger partial charge in [0.1, 0.15) is 6.04 Å². The van der Waals surface area contributed by atoms with Crippen molar-refractivity contribution in [2.75, 3.05) is 0 Å². The molecule has 0 radical (unpaired) electrons. The fourth-order valence-electron chi connectivity index (χ4n) is 3.18. The van der Waals surface area contributed by atoms with Crippen molar-refractivity contribution < 1.29 is 9.59 Å². The third-order valence-electron chi connectivity index (χ3n) is 4.61. The normalized spacial score (nSPS) is 16.1. The van der Waals surface area contributed by atoms with Crippen LogP contribution in [-0.2, 0) is 16.1 Å². The molecule has 2 amide bonds. The lowest BCUT2D eigenvalue weighted by molar-refractivity contribution is -0.140. The first-order valence-electron chi connectivity index (χ1n) is 8.66. The van der Waals surface area contributed by atoms with Gasteiger partial charge in [0, 0.05) is 19.0 Å². The standard InChI is InChI=1S/C19H28N2O2/c1-4-18(22)21(13-16-9-7-8-14(2)12-16)15(3)19(23)20-17-10-5-6-11-17/h7-9,12,15,17H,4-6,10-11,13H2,1-3H3,(H,20,23)/t15-/m0/s1. The molecular weight excluding hydrogens is 288 g/mol. The molecule has 23 heavy (non-hydrogen) atoms. The van der Waals surface area contributed by atoms with Gasteiger partial charge in [-0.2, -0.15) is 0 Å². The Morgan fingerprint density at radius 3 is 2.61 bits per heavy atom. The smallest absolute Gasteiger partial charge is 0.242 e. The summed E-state index contributed by atoms with van der Waals surface area (Å²) >= 11 is 0. The monoisotopic (exact) mass is 316 g/mol. The van der Waals surface area contributed by atoms with Crippen LogP contribution >= 0.6 is 0 Å². The van der Waals surface area contributed by atoms with E-state index in [1.165, 1.54) is 12.8 Å². The predicted octanol–water partition coefficient (Wildman–Crippen LogP) is 3.18. The molecule has 1 saturated carbocycles. The fourth-order valence-corrected chi connectivity index (χ4v) is 3.18. The van der Waals surface area contributed by atoms with Crippen LogP contribution in [0.15, 0.2) is 24.3 Å². The molecule has 126 valence electrons. The summed E-state index contributed by atoms with van der Waals surface area (Å²) in [6.07, 6.45) is 4.88. The molecule has 0 aromatic heterocycles. The molecule has 1 fully saturated rings. The number of carbonyl (C=O) groups is 2. The van der Waals surface area contributed by atoms with Gasteiger partial charge in [-0.3, -0.25) is 9.59 Å². The zero-order valence-electron chi connectivity index (χ0n) is 14.5. The molecule has 0 unspecified atom stereocenters. The number of nitrogens with one attached hydrogen (secondary N) is 1.